The third-order valence-corrected chi connectivity index (χ3v) is 11.0. The van der Waals surface area contributed by atoms with E-state index in [1.165, 1.54) is 12.0 Å². The molecule has 5 heteroatoms. The number of carbonyl (C=O) groups excluding carboxylic acids is 1. The fourth-order valence-electron chi connectivity index (χ4n) is 5.65. The first-order valence-electron chi connectivity index (χ1n) is 11.1. The van der Waals surface area contributed by atoms with Crippen molar-refractivity contribution < 1.29 is 14.4 Å². The number of hydrogen-bond acceptors (Lipinski definition) is 4. The van der Waals surface area contributed by atoms with Crippen LogP contribution in [-0.4, -0.2) is 32.7 Å². The van der Waals surface area contributed by atoms with E-state index in [2.05, 4.69) is 44.1 Å². The number of ether oxygens (including phenoxy) is 1. The molecular formula is C26H29NO3Se. The van der Waals surface area contributed by atoms with Gasteiger partial charge in [0.2, 0.25) is 0 Å². The summed E-state index contributed by atoms with van der Waals surface area (Å²) in [4.78, 5) is 18.4. The van der Waals surface area contributed by atoms with Crippen molar-refractivity contribution in [3.8, 4) is 5.75 Å². The molecule has 0 aromatic heterocycles. The van der Waals surface area contributed by atoms with Crippen molar-refractivity contribution in [2.45, 2.75) is 56.3 Å². The summed E-state index contributed by atoms with van der Waals surface area (Å²) in [6.45, 7) is 7.06. The summed E-state index contributed by atoms with van der Waals surface area (Å²) in [5.74, 6) is 1.25. The van der Waals surface area contributed by atoms with Gasteiger partial charge in [0.25, 0.3) is 0 Å². The molecule has 2 fully saturated rings. The van der Waals surface area contributed by atoms with E-state index in [-0.39, 0.29) is 22.9 Å². The Morgan fingerprint density at radius 3 is 2.65 bits per heavy atom. The molecule has 0 amide bonds. The van der Waals surface area contributed by atoms with Crippen molar-refractivity contribution in [1.82, 2.24) is 0 Å². The molecule has 1 aliphatic heterocycles. The molecule has 2 bridgehead atoms. The predicted molar refractivity (Wildman–Crippen MR) is 123 cm³/mol. The molecule has 0 N–H and O–H groups in total. The van der Waals surface area contributed by atoms with Crippen LogP contribution in [0.3, 0.4) is 0 Å². The van der Waals surface area contributed by atoms with Crippen molar-refractivity contribution >= 4 is 26.6 Å². The van der Waals surface area contributed by atoms with Gasteiger partial charge in [0.1, 0.15) is 0 Å². The van der Waals surface area contributed by atoms with Gasteiger partial charge in [-0.25, -0.2) is 0 Å². The van der Waals surface area contributed by atoms with E-state index in [9.17, 15) is 4.79 Å². The molecule has 162 valence electrons. The van der Waals surface area contributed by atoms with Gasteiger partial charge in [0, 0.05) is 0 Å². The van der Waals surface area contributed by atoms with Gasteiger partial charge in [-0.15, -0.1) is 0 Å². The number of para-hydroxylation sites is 1. The van der Waals surface area contributed by atoms with Crippen LogP contribution in [-0.2, 0) is 11.3 Å². The van der Waals surface area contributed by atoms with Gasteiger partial charge in [0.15, 0.2) is 0 Å². The Kier molecular flexibility index (Phi) is 5.22. The van der Waals surface area contributed by atoms with Gasteiger partial charge >= 0.3 is 191 Å². The SMILES string of the molecule is CC1(C)[C@@H]2CC[C@@]1(C)/C(=N\OC(=O)c1ccccc1)[C@H]2[Se]CC1Cc2ccccc2O1. The van der Waals surface area contributed by atoms with Crippen LogP contribution in [0.1, 0.15) is 49.5 Å². The summed E-state index contributed by atoms with van der Waals surface area (Å²) in [6.07, 6.45) is 3.59. The molecule has 3 aliphatic rings. The van der Waals surface area contributed by atoms with Gasteiger partial charge in [-0.2, -0.15) is 0 Å². The summed E-state index contributed by atoms with van der Waals surface area (Å²) < 4.78 is 6.21. The number of rotatable bonds is 5. The second-order valence-corrected chi connectivity index (χ2v) is 12.2. The summed E-state index contributed by atoms with van der Waals surface area (Å²) in [6, 6.07) is 17.5. The van der Waals surface area contributed by atoms with Gasteiger partial charge in [-0.05, 0) is 0 Å². The molecule has 4 atom stereocenters. The zero-order valence-electron chi connectivity index (χ0n) is 18.3. The summed E-state index contributed by atoms with van der Waals surface area (Å²) >= 11 is 0.338. The zero-order valence-corrected chi connectivity index (χ0v) is 20.0. The number of nitrogens with zero attached hydrogens (tertiary/aromatic N) is 1. The molecule has 2 aromatic carbocycles. The number of benzene rings is 2. The second kappa shape index (κ2) is 7.79. The Labute approximate surface area is 190 Å². The molecule has 4 nitrogen and oxygen atoms in total. The topological polar surface area (TPSA) is 47.9 Å². The van der Waals surface area contributed by atoms with Crippen LogP contribution in [0.5, 0.6) is 5.75 Å². The number of oxime groups is 1. The van der Waals surface area contributed by atoms with Gasteiger partial charge < -0.3 is 0 Å². The molecule has 0 radical (unpaired) electrons. The maximum absolute atomic E-state index is 12.5. The molecule has 2 aliphatic carbocycles. The van der Waals surface area contributed by atoms with Crippen molar-refractivity contribution in [2.24, 2.45) is 21.9 Å². The van der Waals surface area contributed by atoms with Crippen LogP contribution < -0.4 is 4.74 Å². The minimum absolute atomic E-state index is 0.0133. The molecule has 0 spiro atoms. The van der Waals surface area contributed by atoms with Crippen LogP contribution in [0.25, 0.3) is 0 Å². The molecule has 31 heavy (non-hydrogen) atoms. The molecule has 1 unspecified atom stereocenters. The first kappa shape index (κ1) is 20.8. The second-order valence-electron chi connectivity index (χ2n) is 9.73. The predicted octanol–water partition coefficient (Wildman–Crippen LogP) is 5.57. The van der Waals surface area contributed by atoms with Crippen LogP contribution in [0, 0.1) is 16.7 Å². The Bertz CT molecular complexity index is 993. The Balaban J connectivity index is 1.33. The third-order valence-electron chi connectivity index (χ3n) is 7.92. The summed E-state index contributed by atoms with van der Waals surface area (Å²) in [5, 5.41) is 5.61. The van der Waals surface area contributed by atoms with E-state index < -0.39 is 0 Å². The Morgan fingerprint density at radius 2 is 1.87 bits per heavy atom. The van der Waals surface area contributed by atoms with Crippen molar-refractivity contribution in [1.29, 1.82) is 0 Å². The average Bonchev–Trinajstić information content (AvgIpc) is 3.34. The first-order valence-corrected chi connectivity index (χ1v) is 13.3. The molecular weight excluding hydrogens is 453 g/mol. The molecule has 1 heterocycles. The molecule has 5 rings (SSSR count). The summed E-state index contributed by atoms with van der Waals surface area (Å²) in [5.41, 5.74) is 3.11. The standard InChI is InChI=1S/C26H29NO3Se/c1-25(2)20-13-14-26(25,3)23(27-30-24(28)17-9-5-4-6-10-17)22(20)31-16-19-15-18-11-7-8-12-21(18)29-19/h4-12,19-20,22H,13-16H2,1-3H3/b27-23-/t19?,20-,22+,26+/m1/s1. The fraction of sp³-hybridized carbons (Fsp3) is 0.462. The maximum atomic E-state index is 12.5. The first-order chi connectivity index (χ1) is 14.9. The number of hydrogen-bond donors (Lipinski definition) is 0. The van der Waals surface area contributed by atoms with E-state index in [0.29, 0.717) is 31.3 Å². The quantitative estimate of drug-likeness (QED) is 0.318. The Morgan fingerprint density at radius 1 is 1.13 bits per heavy atom. The van der Waals surface area contributed by atoms with Gasteiger partial charge in [-0.1, -0.05) is 0 Å². The van der Waals surface area contributed by atoms with Crippen LogP contribution >= 0.6 is 0 Å². The molecule has 2 saturated carbocycles. The summed E-state index contributed by atoms with van der Waals surface area (Å²) in [7, 11) is 0. The van der Waals surface area contributed by atoms with Gasteiger partial charge in [0.05, 0.1) is 0 Å². The third kappa shape index (κ3) is 3.43. The van der Waals surface area contributed by atoms with Gasteiger partial charge in [-0.3, -0.25) is 0 Å². The van der Waals surface area contributed by atoms with Crippen molar-refractivity contribution in [2.75, 3.05) is 0 Å². The number of carbonyl (C=O) groups is 1. The monoisotopic (exact) mass is 483 g/mol. The molecule has 2 aromatic rings. The van der Waals surface area contributed by atoms with E-state index in [0.717, 1.165) is 29.6 Å². The normalized spacial score (nSPS) is 31.5. The van der Waals surface area contributed by atoms with E-state index in [1.54, 1.807) is 12.1 Å². The zero-order chi connectivity index (χ0) is 21.6. The fourth-order valence-corrected chi connectivity index (χ4v) is 9.38. The van der Waals surface area contributed by atoms with E-state index >= 15 is 0 Å². The van der Waals surface area contributed by atoms with Crippen molar-refractivity contribution in [3.05, 3.63) is 65.7 Å². The number of fused-ring (bicyclic) bond motifs is 3. The minimum atomic E-state index is -0.377. The van der Waals surface area contributed by atoms with Crippen molar-refractivity contribution in [3.63, 3.8) is 0 Å². The van der Waals surface area contributed by atoms with Crippen LogP contribution in [0.15, 0.2) is 59.8 Å². The Hall–Kier alpha value is -2.10. The van der Waals surface area contributed by atoms with E-state index in [4.69, 9.17) is 9.57 Å². The van der Waals surface area contributed by atoms with Crippen LogP contribution in [0.4, 0.5) is 0 Å². The average molecular weight is 482 g/mol. The van der Waals surface area contributed by atoms with Crippen LogP contribution in [0.2, 0.25) is 10.1 Å². The molecule has 0 saturated heterocycles. The van der Waals surface area contributed by atoms with E-state index in [1.807, 2.05) is 24.3 Å².